The summed E-state index contributed by atoms with van der Waals surface area (Å²) in [6.07, 6.45) is 0. The van der Waals surface area contributed by atoms with Crippen LogP contribution in [0.4, 0.5) is 0 Å². The summed E-state index contributed by atoms with van der Waals surface area (Å²) >= 11 is 0. The van der Waals surface area contributed by atoms with Gasteiger partial charge in [-0.05, 0) is 239 Å². The molecule has 24 bridgehead atoms. The van der Waals surface area contributed by atoms with Gasteiger partial charge in [-0.2, -0.15) is 0 Å². The van der Waals surface area contributed by atoms with Crippen LogP contribution in [0, 0.1) is 94.7 Å². The summed E-state index contributed by atoms with van der Waals surface area (Å²) in [6, 6.07) is 98.9. The molecule has 0 radical (unpaired) electrons. The van der Waals surface area contributed by atoms with Crippen molar-refractivity contribution in [1.82, 2.24) is 0 Å². The first-order valence-corrected chi connectivity index (χ1v) is 28.9. The largest absolute Gasteiger partial charge is 0.0617 e. The minimum absolute atomic E-state index is 0.916. The van der Waals surface area contributed by atoms with Gasteiger partial charge in [0.05, 0.1) is 0 Å². The highest BCUT2D eigenvalue weighted by molar-refractivity contribution is 5.72. The molecule has 88 heavy (non-hydrogen) atoms. The molecule has 7 aliphatic rings. The van der Waals surface area contributed by atoms with Crippen LogP contribution in [-0.4, -0.2) is 0 Å². The summed E-state index contributed by atoms with van der Waals surface area (Å²) in [5, 5.41) is 0. The highest BCUT2D eigenvalue weighted by atomic mass is 14.1. The average Bonchev–Trinajstić information content (AvgIpc) is 3.76. The molecule has 0 heteroatoms. The molecule has 0 aliphatic heterocycles. The maximum atomic E-state index is 3.37. The molecule has 12 aromatic carbocycles. The molecule has 12 aromatic rings. The number of hydrogen-bond acceptors (Lipinski definition) is 0. The third kappa shape index (κ3) is 14.3. The fraction of sp³-hybridized carbons (Fsp3) is 0. The van der Waals surface area contributed by atoms with Crippen molar-refractivity contribution in [3.8, 4) is 139 Å². The van der Waals surface area contributed by atoms with Crippen LogP contribution >= 0.6 is 0 Å². The first kappa shape index (κ1) is 54.4. The molecule has 0 spiro atoms. The van der Waals surface area contributed by atoms with Crippen LogP contribution in [-0.2, 0) is 0 Å². The Hall–Kier alpha value is -12.9. The quantitative estimate of drug-likeness (QED) is 0.133. The highest BCUT2D eigenvalue weighted by Crippen LogP contribution is 2.26. The van der Waals surface area contributed by atoms with Crippen molar-refractivity contribution in [3.05, 3.63) is 380 Å². The van der Waals surface area contributed by atoms with Crippen molar-refractivity contribution >= 4 is 0 Å². The average molecular weight is 1110 g/mol. The molecule has 0 aromatic heterocycles. The van der Waals surface area contributed by atoms with Gasteiger partial charge in [0, 0.05) is 89.0 Å². The summed E-state index contributed by atoms with van der Waals surface area (Å²) in [5.41, 5.74) is 23.4. The van der Waals surface area contributed by atoms with Crippen molar-refractivity contribution in [3.63, 3.8) is 0 Å². The van der Waals surface area contributed by atoms with Gasteiger partial charge in [0.15, 0.2) is 0 Å². The van der Waals surface area contributed by atoms with Gasteiger partial charge in [0.1, 0.15) is 0 Å². The number of benzene rings is 12. The van der Waals surface area contributed by atoms with Crippen LogP contribution < -0.4 is 0 Å². The minimum atomic E-state index is 0.916. The summed E-state index contributed by atoms with van der Waals surface area (Å²) in [4.78, 5) is 0. The molecule has 0 amide bonds. The molecule has 0 saturated carbocycles. The predicted molar refractivity (Wildman–Crippen MR) is 361 cm³/mol. The molecule has 0 saturated heterocycles. The molecule has 0 atom stereocenters. The lowest BCUT2D eigenvalue weighted by molar-refractivity contribution is 1.56. The van der Waals surface area contributed by atoms with Crippen molar-refractivity contribution in [2.45, 2.75) is 0 Å². The summed E-state index contributed by atoms with van der Waals surface area (Å²) < 4.78 is 0. The van der Waals surface area contributed by atoms with E-state index < -0.39 is 0 Å². The van der Waals surface area contributed by atoms with Crippen LogP contribution in [0.2, 0.25) is 0 Å². The van der Waals surface area contributed by atoms with E-state index in [1.165, 1.54) is 0 Å². The van der Waals surface area contributed by atoms with Crippen molar-refractivity contribution in [2.24, 2.45) is 0 Å². The Balaban J connectivity index is 0.761. The summed E-state index contributed by atoms with van der Waals surface area (Å²) in [7, 11) is 0. The number of hydrogen-bond donors (Lipinski definition) is 0. The second kappa shape index (κ2) is 26.1. The van der Waals surface area contributed by atoms with Crippen molar-refractivity contribution in [2.75, 3.05) is 0 Å². The van der Waals surface area contributed by atoms with E-state index in [0.29, 0.717) is 0 Å². The zero-order valence-corrected chi connectivity index (χ0v) is 47.7. The van der Waals surface area contributed by atoms with Gasteiger partial charge in [-0.15, -0.1) is 0 Å². The Labute approximate surface area is 516 Å². The Morgan fingerprint density at radius 2 is 0.205 bits per heavy atom. The van der Waals surface area contributed by atoms with E-state index in [9.17, 15) is 0 Å². The Morgan fingerprint density at radius 3 is 0.318 bits per heavy atom. The molecule has 0 fully saturated rings. The maximum Gasteiger partial charge on any atom is 0.0255 e. The molecule has 0 heterocycles. The van der Waals surface area contributed by atoms with Gasteiger partial charge in [0.25, 0.3) is 0 Å². The standard InChI is InChI=1S/C88H48/c1-9-73-49-41-65-25-27-66(28-26-65)43-51-75-11-3-19-83(59-75)84-20-5-13-77(61-84)53-45-69-33-35-70(36-34-69)47-55-79-15-7-23-87(63-79)88-24-8-16-80(64-88)56-48-72-39-37-71(38-40-72)46-54-78-14-6-22-86(62-78)85-21-4-12-76(60-85)52-44-68-31-29-67(30-32-68)42-50-74-10-2-18-82(58-74)81(17-1)57-73/h1-40,57-64H. The molecular formula is C88H48. The second-order valence-corrected chi connectivity index (χ2v) is 21.0. The van der Waals surface area contributed by atoms with E-state index >= 15 is 0 Å². The van der Waals surface area contributed by atoms with E-state index in [-0.39, 0.29) is 0 Å². The molecule has 400 valence electrons. The van der Waals surface area contributed by atoms with E-state index in [1.807, 2.05) is 194 Å². The van der Waals surface area contributed by atoms with Crippen LogP contribution in [0.5, 0.6) is 0 Å². The molecule has 19 rings (SSSR count). The minimum Gasteiger partial charge on any atom is -0.0617 e. The summed E-state index contributed by atoms with van der Waals surface area (Å²) in [5.74, 6) is 53.7. The van der Waals surface area contributed by atoms with Gasteiger partial charge < -0.3 is 0 Å². The maximum absolute atomic E-state index is 3.37. The SMILES string of the molecule is C1#Cc2cccc(c2)-c2cccc(c2)C#Cc2ccc(cc2)C#Cc2cccc(c2)-c2cccc(c2)C#Cc2ccc(cc2)C#Cc2cccc(c2)-c2cccc(c2)C#Cc2ccc(cc2)C#Cc2cccc(c2)-c2cccc(c2)C#Cc2ccc1cc2. The molecular weight excluding hydrogens is 1060 g/mol. The lowest BCUT2D eigenvalue weighted by Crippen LogP contribution is -1.84. The molecule has 7 aliphatic carbocycles. The monoisotopic (exact) mass is 1100 g/mol. The third-order valence-corrected chi connectivity index (χ3v) is 14.6. The first-order chi connectivity index (χ1) is 43.5. The normalized spacial score (nSPS) is 10.7. The zero-order valence-electron chi connectivity index (χ0n) is 47.7. The topological polar surface area (TPSA) is 0 Å². The fourth-order valence-electron chi connectivity index (χ4n) is 9.91. The lowest BCUT2D eigenvalue weighted by Gasteiger charge is -2.03. The van der Waals surface area contributed by atoms with E-state index in [2.05, 4.69) is 192 Å². The first-order valence-electron chi connectivity index (χ1n) is 28.9. The van der Waals surface area contributed by atoms with Gasteiger partial charge in [-0.3, -0.25) is 0 Å². The van der Waals surface area contributed by atoms with Crippen molar-refractivity contribution < 1.29 is 0 Å². The van der Waals surface area contributed by atoms with Gasteiger partial charge in [-0.25, -0.2) is 0 Å². The van der Waals surface area contributed by atoms with Crippen LogP contribution in [0.1, 0.15) is 89.0 Å². The van der Waals surface area contributed by atoms with Gasteiger partial charge in [-0.1, -0.05) is 192 Å². The van der Waals surface area contributed by atoms with Gasteiger partial charge in [0.2, 0.25) is 0 Å². The van der Waals surface area contributed by atoms with E-state index in [0.717, 1.165) is 134 Å². The Kier molecular flexibility index (Phi) is 16.2. The number of rotatable bonds is 0. The molecule has 0 N–H and O–H groups in total. The Morgan fingerprint density at radius 1 is 0.102 bits per heavy atom. The lowest BCUT2D eigenvalue weighted by atomic mass is 10.0. The highest BCUT2D eigenvalue weighted by Gasteiger charge is 2.05. The van der Waals surface area contributed by atoms with Crippen LogP contribution in [0.15, 0.2) is 291 Å². The van der Waals surface area contributed by atoms with E-state index in [4.69, 9.17) is 0 Å². The zero-order chi connectivity index (χ0) is 59.1. The second-order valence-electron chi connectivity index (χ2n) is 21.0. The molecule has 0 nitrogen and oxygen atoms in total. The Bertz CT molecular complexity index is 4210. The van der Waals surface area contributed by atoms with Crippen LogP contribution in [0.25, 0.3) is 44.5 Å². The summed E-state index contributed by atoms with van der Waals surface area (Å²) in [6.45, 7) is 0. The molecule has 0 unspecified atom stereocenters. The smallest absolute Gasteiger partial charge is 0.0255 e. The van der Waals surface area contributed by atoms with Crippen molar-refractivity contribution in [1.29, 1.82) is 0 Å². The fourth-order valence-corrected chi connectivity index (χ4v) is 9.91. The van der Waals surface area contributed by atoms with Gasteiger partial charge >= 0.3 is 0 Å². The third-order valence-electron chi connectivity index (χ3n) is 14.6. The van der Waals surface area contributed by atoms with E-state index in [1.54, 1.807) is 0 Å². The predicted octanol–water partition coefficient (Wildman–Crippen LogP) is 17.9. The van der Waals surface area contributed by atoms with Crippen LogP contribution in [0.3, 0.4) is 0 Å².